The van der Waals surface area contributed by atoms with Crippen molar-refractivity contribution in [1.29, 1.82) is 0 Å². The lowest BCUT2D eigenvalue weighted by Crippen LogP contribution is -2.27. The van der Waals surface area contributed by atoms with Gasteiger partial charge in [0.2, 0.25) is 0 Å². The van der Waals surface area contributed by atoms with Gasteiger partial charge in [-0.2, -0.15) is 0 Å². The Labute approximate surface area is 66.6 Å². The minimum Gasteiger partial charge on any atom is -0.373 e. The van der Waals surface area contributed by atoms with E-state index in [4.69, 9.17) is 14.2 Å². The Hall–Kier alpha value is -0.120. The molecule has 2 fully saturated rings. The highest BCUT2D eigenvalue weighted by molar-refractivity contribution is 4.89. The lowest BCUT2D eigenvalue weighted by atomic mass is 10.2. The molecule has 0 amide bonds. The van der Waals surface area contributed by atoms with Crippen molar-refractivity contribution < 1.29 is 14.2 Å². The maximum absolute atomic E-state index is 5.64. The summed E-state index contributed by atoms with van der Waals surface area (Å²) in [6.45, 7) is 6.58. The second-order valence-electron chi connectivity index (χ2n) is 3.68. The number of ether oxygens (including phenoxy) is 3. The van der Waals surface area contributed by atoms with Gasteiger partial charge in [-0.15, -0.1) is 0 Å². The third-order valence-corrected chi connectivity index (χ3v) is 2.21. The Morgan fingerprint density at radius 3 is 2.64 bits per heavy atom. The highest BCUT2D eigenvalue weighted by Crippen LogP contribution is 2.34. The fourth-order valence-corrected chi connectivity index (χ4v) is 1.73. The van der Waals surface area contributed by atoms with Gasteiger partial charge >= 0.3 is 0 Å². The van der Waals surface area contributed by atoms with Crippen LogP contribution in [0.25, 0.3) is 0 Å². The molecule has 3 heteroatoms. The van der Waals surface area contributed by atoms with Crippen molar-refractivity contribution in [1.82, 2.24) is 0 Å². The molecule has 2 rings (SSSR count). The average Bonchev–Trinajstić information content (AvgIpc) is 2.31. The number of fused-ring (bicyclic) bond motifs is 1. The van der Waals surface area contributed by atoms with Crippen molar-refractivity contribution in [3.63, 3.8) is 0 Å². The number of hydrogen-bond acceptors (Lipinski definition) is 3. The summed E-state index contributed by atoms with van der Waals surface area (Å²) in [6, 6.07) is 0. The van der Waals surface area contributed by atoms with Gasteiger partial charge in [0.1, 0.15) is 12.2 Å². The normalized spacial score (nSPS) is 47.7. The molecule has 3 nitrogen and oxygen atoms in total. The van der Waals surface area contributed by atoms with Crippen LogP contribution in [0, 0.1) is 0 Å². The van der Waals surface area contributed by atoms with Crippen molar-refractivity contribution >= 4 is 0 Å². The van der Waals surface area contributed by atoms with E-state index >= 15 is 0 Å². The highest BCUT2D eigenvalue weighted by Gasteiger charge is 2.48. The molecule has 0 aromatic carbocycles. The summed E-state index contributed by atoms with van der Waals surface area (Å²) in [7, 11) is 0. The van der Waals surface area contributed by atoms with Gasteiger partial charge in [0, 0.05) is 0 Å². The van der Waals surface area contributed by atoms with E-state index in [0.717, 1.165) is 0 Å². The van der Waals surface area contributed by atoms with Gasteiger partial charge in [-0.3, -0.25) is 0 Å². The summed E-state index contributed by atoms with van der Waals surface area (Å²) in [5.74, 6) is -0.409. The minimum absolute atomic E-state index is 0.144. The van der Waals surface area contributed by atoms with Crippen LogP contribution in [0.2, 0.25) is 0 Å². The SMILES string of the molecule is CC1OC[C@@H]2OC(C)(C)O[C@H]12. The van der Waals surface area contributed by atoms with Crippen molar-refractivity contribution in [2.45, 2.75) is 44.9 Å². The standard InChI is InChI=1S/C8H14O3/c1-5-7-6(4-9-5)10-8(2,3)11-7/h5-7H,4H2,1-3H3/t5?,6-,7+/m0/s1. The van der Waals surface area contributed by atoms with Crippen molar-refractivity contribution in [3.8, 4) is 0 Å². The van der Waals surface area contributed by atoms with E-state index in [1.807, 2.05) is 20.8 Å². The van der Waals surface area contributed by atoms with Gasteiger partial charge < -0.3 is 14.2 Å². The first-order chi connectivity index (χ1) is 5.08. The van der Waals surface area contributed by atoms with Gasteiger partial charge in [-0.25, -0.2) is 0 Å². The van der Waals surface area contributed by atoms with Gasteiger partial charge in [-0.05, 0) is 20.8 Å². The van der Waals surface area contributed by atoms with E-state index in [-0.39, 0.29) is 18.3 Å². The van der Waals surface area contributed by atoms with Crippen LogP contribution < -0.4 is 0 Å². The molecule has 0 aliphatic carbocycles. The second-order valence-corrected chi connectivity index (χ2v) is 3.68. The third kappa shape index (κ3) is 1.17. The second kappa shape index (κ2) is 2.19. The molecule has 2 saturated heterocycles. The molecular formula is C8H14O3. The molecule has 0 aromatic heterocycles. The van der Waals surface area contributed by atoms with Gasteiger partial charge in [-0.1, -0.05) is 0 Å². The Morgan fingerprint density at radius 2 is 2.00 bits per heavy atom. The van der Waals surface area contributed by atoms with Crippen LogP contribution in [0.1, 0.15) is 20.8 Å². The summed E-state index contributed by atoms with van der Waals surface area (Å²) in [4.78, 5) is 0. The molecule has 0 saturated carbocycles. The quantitative estimate of drug-likeness (QED) is 0.524. The Morgan fingerprint density at radius 1 is 1.27 bits per heavy atom. The largest absolute Gasteiger partial charge is 0.373 e. The Bertz CT molecular complexity index is 167. The molecule has 0 aromatic rings. The topological polar surface area (TPSA) is 27.7 Å². The van der Waals surface area contributed by atoms with Crippen molar-refractivity contribution in [3.05, 3.63) is 0 Å². The van der Waals surface area contributed by atoms with Crippen LogP contribution in [-0.2, 0) is 14.2 Å². The fourth-order valence-electron chi connectivity index (χ4n) is 1.73. The maximum atomic E-state index is 5.64. The molecule has 3 atom stereocenters. The van der Waals surface area contributed by atoms with Gasteiger partial charge in [0.05, 0.1) is 12.7 Å². The molecule has 0 bridgehead atoms. The fraction of sp³-hybridized carbons (Fsp3) is 1.00. The smallest absolute Gasteiger partial charge is 0.164 e. The van der Waals surface area contributed by atoms with E-state index in [9.17, 15) is 0 Å². The molecule has 2 aliphatic rings. The monoisotopic (exact) mass is 158 g/mol. The summed E-state index contributed by atoms with van der Waals surface area (Å²) >= 11 is 0. The Balaban J connectivity index is 2.10. The first-order valence-electron chi connectivity index (χ1n) is 4.06. The first-order valence-corrected chi connectivity index (χ1v) is 4.06. The van der Waals surface area contributed by atoms with E-state index in [1.165, 1.54) is 0 Å². The minimum atomic E-state index is -0.409. The zero-order valence-corrected chi connectivity index (χ0v) is 7.16. The van der Waals surface area contributed by atoms with E-state index in [0.29, 0.717) is 6.61 Å². The van der Waals surface area contributed by atoms with Crippen LogP contribution >= 0.6 is 0 Å². The zero-order chi connectivity index (χ0) is 8.06. The zero-order valence-electron chi connectivity index (χ0n) is 7.16. The molecule has 0 N–H and O–H groups in total. The lowest BCUT2D eigenvalue weighted by molar-refractivity contribution is -0.173. The average molecular weight is 158 g/mol. The van der Waals surface area contributed by atoms with Gasteiger partial charge in [0.15, 0.2) is 5.79 Å². The van der Waals surface area contributed by atoms with Crippen LogP contribution in [-0.4, -0.2) is 30.7 Å². The van der Waals surface area contributed by atoms with E-state index < -0.39 is 5.79 Å². The lowest BCUT2D eigenvalue weighted by Gasteiger charge is -2.19. The summed E-state index contributed by atoms with van der Waals surface area (Å²) in [5.41, 5.74) is 0. The molecule has 0 spiro atoms. The maximum Gasteiger partial charge on any atom is 0.164 e. The molecule has 2 aliphatic heterocycles. The summed E-state index contributed by atoms with van der Waals surface area (Å²) in [6.07, 6.45) is 0.478. The molecule has 64 valence electrons. The van der Waals surface area contributed by atoms with Crippen LogP contribution in [0.3, 0.4) is 0 Å². The van der Waals surface area contributed by atoms with E-state index in [2.05, 4.69) is 0 Å². The predicted octanol–water partition coefficient (Wildman–Crippen LogP) is 0.925. The Kier molecular flexibility index (Phi) is 1.50. The van der Waals surface area contributed by atoms with Crippen LogP contribution in [0.15, 0.2) is 0 Å². The molecule has 2 heterocycles. The highest BCUT2D eigenvalue weighted by atomic mass is 16.8. The summed E-state index contributed by atoms with van der Waals surface area (Å²) < 4.78 is 16.6. The number of hydrogen-bond donors (Lipinski definition) is 0. The van der Waals surface area contributed by atoms with Crippen molar-refractivity contribution in [2.75, 3.05) is 6.61 Å². The summed E-state index contributed by atoms with van der Waals surface area (Å²) in [5, 5.41) is 0. The number of rotatable bonds is 0. The predicted molar refractivity (Wildman–Crippen MR) is 39.2 cm³/mol. The molecule has 0 radical (unpaired) electrons. The molecular weight excluding hydrogens is 144 g/mol. The van der Waals surface area contributed by atoms with Crippen LogP contribution in [0.5, 0.6) is 0 Å². The van der Waals surface area contributed by atoms with E-state index in [1.54, 1.807) is 0 Å². The van der Waals surface area contributed by atoms with Crippen molar-refractivity contribution in [2.24, 2.45) is 0 Å². The molecule has 11 heavy (non-hydrogen) atoms. The third-order valence-electron chi connectivity index (χ3n) is 2.21. The van der Waals surface area contributed by atoms with Gasteiger partial charge in [0.25, 0.3) is 0 Å². The van der Waals surface area contributed by atoms with Crippen LogP contribution in [0.4, 0.5) is 0 Å². The molecule has 1 unspecified atom stereocenters. The first kappa shape index (κ1) is 7.53.